The molecule has 1 amide bonds. The summed E-state index contributed by atoms with van der Waals surface area (Å²) in [6.45, 7) is 11.7. The molecule has 80 heavy (non-hydrogen) atoms. The highest BCUT2D eigenvalue weighted by molar-refractivity contribution is 9.10. The van der Waals surface area contributed by atoms with Gasteiger partial charge in [0.15, 0.2) is 0 Å². The van der Waals surface area contributed by atoms with E-state index in [4.69, 9.17) is 44.9 Å². The number of amides is 1. The Morgan fingerprint density at radius 1 is 0.512 bits per heavy atom. The molecule has 0 fully saturated rings. The number of pyridine rings is 6. The molecule has 6 heterocycles. The third kappa shape index (κ3) is 29.1. The first-order chi connectivity index (χ1) is 38.0. The number of aromatic nitrogens is 6. The van der Waals surface area contributed by atoms with E-state index in [0.717, 1.165) is 0 Å². The largest absolute Gasteiger partial charge is 0.477 e. The van der Waals surface area contributed by atoms with Crippen LogP contribution in [0.25, 0.3) is 0 Å². The van der Waals surface area contributed by atoms with Gasteiger partial charge in [0, 0.05) is 0 Å². The summed E-state index contributed by atoms with van der Waals surface area (Å²) in [5, 5.41) is 44.8. The first kappa shape index (κ1) is 68.4. The van der Waals surface area contributed by atoms with Gasteiger partial charge in [0.1, 0.15) is 60.7 Å². The number of alkyl carbamates (subject to hydrolysis) is 1. The van der Waals surface area contributed by atoms with E-state index in [-0.39, 0.29) is 59.5 Å². The van der Waals surface area contributed by atoms with Crippen molar-refractivity contribution in [3.8, 4) is 18.2 Å². The number of hydrogen-bond acceptors (Lipinski definition) is 21. The summed E-state index contributed by atoms with van der Waals surface area (Å²) in [5.74, 6) is -3.94. The van der Waals surface area contributed by atoms with E-state index in [1.807, 2.05) is 18.2 Å². The molecule has 3 N–H and O–H groups in total. The molecule has 0 saturated heterocycles. The maximum atomic E-state index is 11.5. The van der Waals surface area contributed by atoms with Gasteiger partial charge in [-0.25, -0.2) is 63.5 Å². The van der Waals surface area contributed by atoms with Crippen LogP contribution in [0, 0.1) is 34.0 Å². The lowest BCUT2D eigenvalue weighted by molar-refractivity contribution is 0.0507. The Labute approximate surface area is 477 Å². The number of carbonyl (C=O) groups is 7. The van der Waals surface area contributed by atoms with E-state index in [9.17, 15) is 33.6 Å². The SMILES string of the molecule is CCOC(=O)c1cccc(Br)n1.CCOC(=O)c1cccc(C#N)n1.CCOC(=O)c1cccc(CNC(=O)OC(C)(C)C)n1.COC(=O)c1cccc(CC#N)n1.N#CCc1cccc(C(=O)O)n1.O=C(O)c1cccc(Br)n1. The van der Waals surface area contributed by atoms with Crippen LogP contribution < -0.4 is 5.32 Å². The summed E-state index contributed by atoms with van der Waals surface area (Å²) in [6, 6.07) is 34.6. The van der Waals surface area contributed by atoms with Gasteiger partial charge < -0.3 is 39.2 Å². The minimum atomic E-state index is -1.07. The van der Waals surface area contributed by atoms with Crippen LogP contribution in [0.3, 0.4) is 0 Å². The van der Waals surface area contributed by atoms with Crippen molar-refractivity contribution in [1.82, 2.24) is 35.2 Å². The summed E-state index contributed by atoms with van der Waals surface area (Å²) in [7, 11) is 1.29. The molecule has 0 radical (unpaired) electrons. The predicted octanol–water partition coefficient (Wildman–Crippen LogP) is 8.76. The van der Waals surface area contributed by atoms with E-state index >= 15 is 0 Å². The number of carboxylic acids is 2. The topological polar surface area (TPSA) is 367 Å². The zero-order chi connectivity index (χ0) is 60.0. The second-order valence-electron chi connectivity index (χ2n) is 15.5. The van der Waals surface area contributed by atoms with E-state index in [1.165, 1.54) is 31.4 Å². The minimum absolute atomic E-state index is 0.0252. The third-order valence-corrected chi connectivity index (χ3v) is 9.22. The van der Waals surface area contributed by atoms with Crippen molar-refractivity contribution >= 4 is 73.8 Å². The van der Waals surface area contributed by atoms with Gasteiger partial charge in [0.2, 0.25) is 0 Å². The maximum Gasteiger partial charge on any atom is 0.407 e. The van der Waals surface area contributed by atoms with Gasteiger partial charge in [-0.15, -0.1) is 0 Å². The Morgan fingerprint density at radius 3 is 1.25 bits per heavy atom. The van der Waals surface area contributed by atoms with Gasteiger partial charge >= 0.3 is 41.9 Å². The molecular formula is C54H54Br2N10O14. The van der Waals surface area contributed by atoms with Gasteiger partial charge in [-0.1, -0.05) is 36.4 Å². The van der Waals surface area contributed by atoms with Crippen molar-refractivity contribution in [3.63, 3.8) is 0 Å². The average Bonchev–Trinajstić information content (AvgIpc) is 3.43. The monoisotopic (exact) mass is 1220 g/mol. The van der Waals surface area contributed by atoms with Crippen molar-refractivity contribution in [1.29, 1.82) is 15.8 Å². The highest BCUT2D eigenvalue weighted by Gasteiger charge is 2.17. The molecule has 26 heteroatoms. The van der Waals surface area contributed by atoms with Gasteiger partial charge in [0.25, 0.3) is 0 Å². The highest BCUT2D eigenvalue weighted by atomic mass is 79.9. The molecule has 0 unspecified atom stereocenters. The number of rotatable bonds is 13. The van der Waals surface area contributed by atoms with Crippen LogP contribution in [0.15, 0.2) is 118 Å². The van der Waals surface area contributed by atoms with Gasteiger partial charge in [-0.3, -0.25) is 0 Å². The molecule has 0 spiro atoms. The summed E-state index contributed by atoms with van der Waals surface area (Å²) in [4.78, 5) is 100. The van der Waals surface area contributed by atoms with Crippen molar-refractivity contribution < 1.29 is 67.5 Å². The molecule has 24 nitrogen and oxygen atoms in total. The van der Waals surface area contributed by atoms with E-state index in [0.29, 0.717) is 51.8 Å². The molecule has 0 aliphatic heterocycles. The second kappa shape index (κ2) is 38.0. The summed E-state index contributed by atoms with van der Waals surface area (Å²) in [5.41, 5.74) is 2.24. The van der Waals surface area contributed by atoms with Crippen LogP contribution in [-0.4, -0.2) is 115 Å². The first-order valence-corrected chi connectivity index (χ1v) is 24.9. The molecule has 0 saturated carbocycles. The Morgan fingerprint density at radius 2 is 0.863 bits per heavy atom. The van der Waals surface area contributed by atoms with E-state index in [2.05, 4.69) is 71.8 Å². The van der Waals surface area contributed by atoms with Crippen molar-refractivity contribution in [2.24, 2.45) is 0 Å². The Hall–Kier alpha value is -9.58. The first-order valence-electron chi connectivity index (χ1n) is 23.3. The molecule has 418 valence electrons. The molecule has 6 aromatic rings. The molecular weight excluding hydrogens is 1170 g/mol. The molecule has 6 aromatic heterocycles. The fraction of sp³-hybridized carbons (Fsp3) is 0.259. The molecule has 0 aliphatic carbocycles. The summed E-state index contributed by atoms with van der Waals surface area (Å²) >= 11 is 6.22. The number of aromatic carboxylic acids is 2. The zero-order valence-electron chi connectivity index (χ0n) is 44.2. The van der Waals surface area contributed by atoms with Crippen LogP contribution in [0.4, 0.5) is 4.79 Å². The molecule has 6 rings (SSSR count). The Kier molecular flexibility index (Phi) is 32.5. The van der Waals surface area contributed by atoms with Gasteiger partial charge in [0.05, 0.1) is 75.5 Å². The van der Waals surface area contributed by atoms with Crippen LogP contribution >= 0.6 is 31.9 Å². The normalized spacial score (nSPS) is 9.53. The van der Waals surface area contributed by atoms with Crippen LogP contribution in [0.1, 0.15) is 127 Å². The number of nitrogens with one attached hydrogen (secondary N) is 1. The van der Waals surface area contributed by atoms with Crippen molar-refractivity contribution in [2.75, 3.05) is 26.9 Å². The lowest BCUT2D eigenvalue weighted by Gasteiger charge is -2.19. The standard InChI is InChI=1S/C14H20N2O4.2C9H8N2O2.C8H8BrNO2.C8H6N2O2.C6H4BrNO2/c1-5-19-12(17)11-8-6-7-10(16-11)9-15-13(18)20-14(2,3)4;1-13-9(12)8-4-2-3-7(11-8)5-6-10;1-2-13-9(12)8-5-3-4-7(6-10)11-8;1-2-12-8(11)6-4-3-5-7(9)10-6;9-5-4-6-2-1-3-7(10-6)8(11)12;7-5-3-1-2-4(8-5)6(9)10/h6-8H,5,9H2,1-4H3,(H,15,18);2-4H,5H2,1H3;3-5H,2H2,1H3;3-5H,2H2,1H3;1-3H,4H2,(H,11,12);1-3H,(H,9,10). The fourth-order valence-corrected chi connectivity index (χ4v) is 5.79. The van der Waals surface area contributed by atoms with Gasteiger partial charge in [-0.05, 0) is 146 Å². The number of ether oxygens (including phenoxy) is 5. The number of halogens is 2. The average molecular weight is 1230 g/mol. The van der Waals surface area contributed by atoms with Crippen LogP contribution in [0.5, 0.6) is 0 Å². The Bertz CT molecular complexity index is 3160. The molecule has 0 aliphatic rings. The zero-order valence-corrected chi connectivity index (χ0v) is 47.4. The third-order valence-electron chi connectivity index (χ3n) is 8.33. The Balaban J connectivity index is 0.000000487. The lowest BCUT2D eigenvalue weighted by atomic mass is 10.2. The quantitative estimate of drug-likeness (QED) is 0.0552. The summed E-state index contributed by atoms with van der Waals surface area (Å²) in [6.07, 6.45) is -0.188. The van der Waals surface area contributed by atoms with E-state index < -0.39 is 41.5 Å². The highest BCUT2D eigenvalue weighted by Crippen LogP contribution is 2.10. The molecule has 0 bridgehead atoms. The van der Waals surface area contributed by atoms with Crippen molar-refractivity contribution in [2.45, 2.75) is 66.5 Å². The summed E-state index contributed by atoms with van der Waals surface area (Å²) < 4.78 is 25.1. The number of esters is 4. The number of carbonyl (C=O) groups excluding carboxylic acids is 5. The maximum absolute atomic E-state index is 11.5. The number of methoxy groups -OCH3 is 1. The fourth-order valence-electron chi connectivity index (χ4n) is 5.10. The number of nitriles is 3. The van der Waals surface area contributed by atoms with Crippen LogP contribution in [-0.2, 0) is 43.1 Å². The van der Waals surface area contributed by atoms with Crippen molar-refractivity contribution in [3.05, 3.63) is 175 Å². The number of carboxylic acid groups (broad SMARTS) is 2. The van der Waals surface area contributed by atoms with Gasteiger partial charge in [-0.2, -0.15) is 15.8 Å². The number of hydrogen-bond donors (Lipinski definition) is 3. The molecule has 0 aromatic carbocycles. The lowest BCUT2D eigenvalue weighted by Crippen LogP contribution is -2.32. The van der Waals surface area contributed by atoms with Crippen LogP contribution in [0.2, 0.25) is 0 Å². The smallest absolute Gasteiger partial charge is 0.407 e. The second-order valence-corrected chi connectivity index (χ2v) is 17.2. The predicted molar refractivity (Wildman–Crippen MR) is 290 cm³/mol. The molecule has 0 atom stereocenters. The van der Waals surface area contributed by atoms with E-state index in [1.54, 1.807) is 126 Å². The minimum Gasteiger partial charge on any atom is -0.477 e. The number of nitrogens with zero attached hydrogens (tertiary/aromatic N) is 9.